The predicted molar refractivity (Wildman–Crippen MR) is 126 cm³/mol. The number of hydrogen-bond acceptors (Lipinski definition) is 11. The average Bonchev–Trinajstić information content (AvgIpc) is 3.61. The summed E-state index contributed by atoms with van der Waals surface area (Å²) in [6.07, 6.45) is -2.93. The van der Waals surface area contributed by atoms with Crippen molar-refractivity contribution in [2.75, 3.05) is 34.2 Å². The van der Waals surface area contributed by atoms with Gasteiger partial charge in [0.1, 0.15) is 29.6 Å². The van der Waals surface area contributed by atoms with Gasteiger partial charge >= 0.3 is 5.97 Å². The van der Waals surface area contributed by atoms with Gasteiger partial charge in [0.2, 0.25) is 13.1 Å². The number of esters is 1. The quantitative estimate of drug-likeness (QED) is 0.416. The molecule has 0 amide bonds. The summed E-state index contributed by atoms with van der Waals surface area (Å²) in [5.74, 6) is 1.47. The van der Waals surface area contributed by atoms with E-state index in [1.807, 2.05) is 12.1 Å². The fourth-order valence-corrected chi connectivity index (χ4v) is 4.92. The molecule has 37 heavy (non-hydrogen) atoms. The van der Waals surface area contributed by atoms with Gasteiger partial charge in [-0.3, -0.25) is 0 Å². The second kappa shape index (κ2) is 8.67. The molecular weight excluding hydrogens is 488 g/mol. The molecule has 1 saturated heterocycles. The monoisotopic (exact) mass is 512 g/mol. The third kappa shape index (κ3) is 3.54. The molecule has 0 aromatic heterocycles. The minimum absolute atomic E-state index is 0.0206. The lowest BCUT2D eigenvalue weighted by molar-refractivity contribution is -0.115. The minimum atomic E-state index is -1.91. The van der Waals surface area contributed by atoms with Crippen LogP contribution < -0.4 is 23.7 Å². The molecule has 11 nitrogen and oxygen atoms in total. The fraction of sp³-hybridized carbons (Fsp3) is 0.346. The van der Waals surface area contributed by atoms with Gasteiger partial charge in [0.25, 0.3) is 0 Å². The molecule has 1 fully saturated rings. The van der Waals surface area contributed by atoms with Crippen LogP contribution in [0.15, 0.2) is 30.3 Å². The molecule has 3 atom stereocenters. The third-order valence-corrected chi connectivity index (χ3v) is 6.89. The number of aliphatic hydroxyl groups excluding tert-OH is 2. The van der Waals surface area contributed by atoms with E-state index < -0.39 is 30.6 Å². The van der Waals surface area contributed by atoms with Gasteiger partial charge in [-0.15, -0.1) is 0 Å². The molecule has 0 radical (unpaired) electrons. The Morgan fingerprint density at radius 3 is 2.43 bits per heavy atom. The molecular formula is C26H24O11. The van der Waals surface area contributed by atoms with E-state index in [4.69, 9.17) is 33.2 Å². The van der Waals surface area contributed by atoms with E-state index in [0.717, 1.165) is 5.56 Å². The van der Waals surface area contributed by atoms with Crippen LogP contribution in [0.3, 0.4) is 0 Å². The molecule has 6 rings (SSSR count). The Labute approximate surface area is 210 Å². The van der Waals surface area contributed by atoms with E-state index >= 15 is 0 Å². The lowest BCUT2D eigenvalue weighted by Gasteiger charge is -2.25. The molecule has 0 aliphatic carbocycles. The van der Waals surface area contributed by atoms with Crippen LogP contribution in [0.2, 0.25) is 0 Å². The summed E-state index contributed by atoms with van der Waals surface area (Å²) >= 11 is 0. The van der Waals surface area contributed by atoms with Crippen LogP contribution in [0.5, 0.6) is 28.7 Å². The highest BCUT2D eigenvalue weighted by Crippen LogP contribution is 2.49. The summed E-state index contributed by atoms with van der Waals surface area (Å²) in [4.78, 5) is 13.0. The Hall–Kier alpha value is -3.77. The van der Waals surface area contributed by atoms with Crippen LogP contribution in [-0.4, -0.2) is 73.5 Å². The largest absolute Gasteiger partial charge is 0.493 e. The molecule has 3 aliphatic heterocycles. The van der Waals surface area contributed by atoms with Gasteiger partial charge in [-0.1, -0.05) is 6.07 Å². The molecule has 0 bridgehead atoms. The van der Waals surface area contributed by atoms with E-state index in [1.54, 1.807) is 18.2 Å². The Kier molecular flexibility index (Phi) is 5.53. The first-order valence-electron chi connectivity index (χ1n) is 11.5. The first kappa shape index (κ1) is 23.6. The standard InChI is InChI=1S/C26H24O11/c1-31-17-6-13-14(7-18(17)32-2)22(37-25-23(28)26(30,9-27)10-34-25)21-15(8-33-24(21)29)20(13)12-3-4-16-19(5-12)36-11-35-16/h3-7,23,25,27-28,30H,8-11H2,1-2H3/t23-,25-,26+/m0/s1. The zero-order valence-electron chi connectivity index (χ0n) is 20.0. The van der Waals surface area contributed by atoms with Gasteiger partial charge in [-0.2, -0.15) is 0 Å². The van der Waals surface area contributed by atoms with Gasteiger partial charge in [-0.25, -0.2) is 4.79 Å². The van der Waals surface area contributed by atoms with Crippen molar-refractivity contribution in [1.82, 2.24) is 0 Å². The maximum atomic E-state index is 13.0. The normalized spacial score (nSPS) is 23.8. The molecule has 3 aromatic carbocycles. The SMILES string of the molecule is COc1cc2c(O[C@@H]3OC[C@](O)(CO)[C@H]3O)c3c(c(-c4ccc5c(c4)OCO5)c2cc1OC)COC3=O. The Bertz CT molecular complexity index is 1420. The average molecular weight is 512 g/mol. The van der Waals surface area contributed by atoms with Crippen LogP contribution in [0.4, 0.5) is 0 Å². The minimum Gasteiger partial charge on any atom is -0.493 e. The van der Waals surface area contributed by atoms with Crippen molar-refractivity contribution < 1.29 is 53.3 Å². The van der Waals surface area contributed by atoms with Crippen molar-refractivity contribution in [3.8, 4) is 39.9 Å². The summed E-state index contributed by atoms with van der Waals surface area (Å²) in [7, 11) is 3.00. The van der Waals surface area contributed by atoms with Crippen LogP contribution in [-0.2, 0) is 16.1 Å². The summed E-state index contributed by atoms with van der Waals surface area (Å²) < 4.78 is 39.0. The second-order valence-electron chi connectivity index (χ2n) is 8.96. The number of carbonyl (C=O) groups is 1. The molecule has 11 heteroatoms. The number of methoxy groups -OCH3 is 2. The Balaban J connectivity index is 1.61. The van der Waals surface area contributed by atoms with Crippen molar-refractivity contribution >= 4 is 16.7 Å². The molecule has 0 unspecified atom stereocenters. The number of aliphatic hydroxyl groups is 3. The highest BCUT2D eigenvalue weighted by molar-refractivity contribution is 6.12. The molecule has 0 saturated carbocycles. The van der Waals surface area contributed by atoms with Crippen molar-refractivity contribution in [2.45, 2.75) is 24.6 Å². The van der Waals surface area contributed by atoms with Gasteiger partial charge in [0.15, 0.2) is 23.0 Å². The fourth-order valence-electron chi connectivity index (χ4n) is 4.92. The van der Waals surface area contributed by atoms with E-state index in [9.17, 15) is 20.1 Å². The van der Waals surface area contributed by atoms with Crippen LogP contribution in [0.25, 0.3) is 21.9 Å². The van der Waals surface area contributed by atoms with Crippen LogP contribution in [0.1, 0.15) is 15.9 Å². The van der Waals surface area contributed by atoms with Gasteiger partial charge in [0.05, 0.1) is 27.4 Å². The molecule has 3 aromatic rings. The number of rotatable bonds is 6. The Morgan fingerprint density at radius 2 is 1.73 bits per heavy atom. The maximum Gasteiger partial charge on any atom is 0.342 e. The van der Waals surface area contributed by atoms with Crippen molar-refractivity contribution in [2.24, 2.45) is 0 Å². The van der Waals surface area contributed by atoms with Gasteiger partial charge in [0, 0.05) is 10.9 Å². The molecule has 3 heterocycles. The highest BCUT2D eigenvalue weighted by atomic mass is 16.7. The topological polar surface area (TPSA) is 142 Å². The van der Waals surface area contributed by atoms with E-state index in [2.05, 4.69) is 0 Å². The first-order valence-corrected chi connectivity index (χ1v) is 11.5. The second-order valence-corrected chi connectivity index (χ2v) is 8.96. The lowest BCUT2D eigenvalue weighted by atomic mass is 9.89. The van der Waals surface area contributed by atoms with E-state index in [0.29, 0.717) is 44.9 Å². The number of hydrogen-bond donors (Lipinski definition) is 3. The first-order chi connectivity index (χ1) is 17.9. The third-order valence-electron chi connectivity index (χ3n) is 6.89. The van der Waals surface area contributed by atoms with Crippen LogP contribution in [0, 0.1) is 0 Å². The predicted octanol–water partition coefficient (Wildman–Crippen LogP) is 1.74. The summed E-state index contributed by atoms with van der Waals surface area (Å²) in [5.41, 5.74) is 0.250. The van der Waals surface area contributed by atoms with Crippen molar-refractivity contribution in [1.29, 1.82) is 0 Å². The van der Waals surface area contributed by atoms with Gasteiger partial charge < -0.3 is 48.5 Å². The zero-order valence-corrected chi connectivity index (χ0v) is 20.0. The van der Waals surface area contributed by atoms with Crippen molar-refractivity contribution in [3.05, 3.63) is 41.5 Å². The number of carbonyl (C=O) groups excluding carboxylic acids is 1. The van der Waals surface area contributed by atoms with E-state index in [-0.39, 0.29) is 31.3 Å². The molecule has 3 N–H and O–H groups in total. The maximum absolute atomic E-state index is 13.0. The lowest BCUT2D eigenvalue weighted by Crippen LogP contribution is -2.48. The summed E-state index contributed by atoms with van der Waals surface area (Å²) in [6, 6.07) is 8.89. The number of fused-ring (bicyclic) bond motifs is 3. The van der Waals surface area contributed by atoms with Crippen LogP contribution >= 0.6 is 0 Å². The molecule has 194 valence electrons. The number of benzene rings is 3. The smallest absolute Gasteiger partial charge is 0.342 e. The zero-order chi connectivity index (χ0) is 25.9. The number of cyclic esters (lactones) is 1. The Morgan fingerprint density at radius 1 is 1.00 bits per heavy atom. The number of ether oxygens (including phenoxy) is 7. The summed E-state index contributed by atoms with van der Waals surface area (Å²) in [5, 5.41) is 31.7. The van der Waals surface area contributed by atoms with E-state index in [1.165, 1.54) is 14.2 Å². The molecule has 3 aliphatic rings. The summed E-state index contributed by atoms with van der Waals surface area (Å²) in [6.45, 7) is -0.997. The highest BCUT2D eigenvalue weighted by Gasteiger charge is 2.50. The van der Waals surface area contributed by atoms with Crippen molar-refractivity contribution in [3.63, 3.8) is 0 Å². The molecule has 0 spiro atoms. The van der Waals surface area contributed by atoms with Gasteiger partial charge in [-0.05, 0) is 40.8 Å².